The third-order valence-electron chi connectivity index (χ3n) is 7.44. The molecule has 1 amide bonds. The number of hydrazone groups is 1. The number of benzene rings is 3. The third-order valence-corrected chi connectivity index (χ3v) is 7.44. The summed E-state index contributed by atoms with van der Waals surface area (Å²) in [6.45, 7) is 9.24. The Morgan fingerprint density at radius 3 is 2.43 bits per heavy atom. The van der Waals surface area contributed by atoms with Crippen LogP contribution in [0.1, 0.15) is 40.3 Å². The molecule has 0 aromatic heterocycles. The first kappa shape index (κ1) is 25.2. The maximum atomic E-state index is 13.7. The summed E-state index contributed by atoms with van der Waals surface area (Å²) >= 11 is 0. The van der Waals surface area contributed by atoms with Gasteiger partial charge in [0.15, 0.2) is 0 Å². The molecule has 0 saturated carbocycles. The lowest BCUT2D eigenvalue weighted by Crippen LogP contribution is -2.49. The van der Waals surface area contributed by atoms with Gasteiger partial charge in [0.2, 0.25) is 0 Å². The fourth-order valence-electron chi connectivity index (χ4n) is 5.29. The number of rotatable bonds is 7. The predicted molar refractivity (Wildman–Crippen MR) is 148 cm³/mol. The average molecular weight is 497 g/mol. The molecule has 2 aliphatic rings. The van der Waals surface area contributed by atoms with Crippen molar-refractivity contribution in [1.82, 2.24) is 14.8 Å². The van der Waals surface area contributed by atoms with Crippen LogP contribution in [0.2, 0.25) is 0 Å². The number of carbonyl (C=O) groups excluding carboxylic acids is 1. The van der Waals surface area contributed by atoms with E-state index in [1.54, 1.807) is 12.1 Å². The third kappa shape index (κ3) is 5.92. The second-order valence-corrected chi connectivity index (χ2v) is 10.1. The zero-order chi connectivity index (χ0) is 25.8. The van der Waals surface area contributed by atoms with Gasteiger partial charge in [0, 0.05) is 44.7 Å². The van der Waals surface area contributed by atoms with Gasteiger partial charge in [-0.15, -0.1) is 0 Å². The minimum Gasteiger partial charge on any atom is -0.497 e. The Kier molecular flexibility index (Phi) is 7.68. The molecule has 0 bridgehead atoms. The van der Waals surface area contributed by atoms with Gasteiger partial charge < -0.3 is 4.74 Å². The van der Waals surface area contributed by atoms with E-state index in [1.807, 2.05) is 24.3 Å². The molecule has 1 fully saturated rings. The SMILES string of the molecule is COc1cccc(C2=NN(C(=O)CN3CCN(Cc4ccccc4)CC3)[C@H](c3cc(C)ccc3C)C2)c1. The van der Waals surface area contributed by atoms with Gasteiger partial charge in [-0.2, -0.15) is 5.10 Å². The van der Waals surface area contributed by atoms with Gasteiger partial charge in [0.25, 0.3) is 5.91 Å². The molecule has 2 aliphatic heterocycles. The van der Waals surface area contributed by atoms with Gasteiger partial charge in [0.1, 0.15) is 5.75 Å². The lowest BCUT2D eigenvalue weighted by atomic mass is 9.94. The van der Waals surface area contributed by atoms with Crippen molar-refractivity contribution in [2.75, 3.05) is 39.8 Å². The van der Waals surface area contributed by atoms with E-state index in [-0.39, 0.29) is 11.9 Å². The monoisotopic (exact) mass is 496 g/mol. The molecular weight excluding hydrogens is 460 g/mol. The van der Waals surface area contributed by atoms with E-state index in [4.69, 9.17) is 9.84 Å². The maximum Gasteiger partial charge on any atom is 0.257 e. The van der Waals surface area contributed by atoms with E-state index in [0.29, 0.717) is 13.0 Å². The van der Waals surface area contributed by atoms with Crippen molar-refractivity contribution in [3.05, 3.63) is 101 Å². The van der Waals surface area contributed by atoms with Crippen LogP contribution < -0.4 is 4.74 Å². The van der Waals surface area contributed by atoms with E-state index >= 15 is 0 Å². The molecule has 1 atom stereocenters. The zero-order valence-corrected chi connectivity index (χ0v) is 22.1. The van der Waals surface area contributed by atoms with Gasteiger partial charge in [-0.05, 0) is 42.7 Å². The zero-order valence-electron chi connectivity index (χ0n) is 22.1. The number of carbonyl (C=O) groups is 1. The summed E-state index contributed by atoms with van der Waals surface area (Å²) in [5.74, 6) is 0.849. The van der Waals surface area contributed by atoms with E-state index in [2.05, 4.69) is 72.2 Å². The summed E-state index contributed by atoms with van der Waals surface area (Å²) in [4.78, 5) is 18.4. The van der Waals surface area contributed by atoms with Gasteiger partial charge in [-0.25, -0.2) is 5.01 Å². The van der Waals surface area contributed by atoms with Crippen LogP contribution in [-0.2, 0) is 11.3 Å². The molecule has 0 radical (unpaired) electrons. The number of methoxy groups -OCH3 is 1. The van der Waals surface area contributed by atoms with Gasteiger partial charge in [-0.3, -0.25) is 14.6 Å². The van der Waals surface area contributed by atoms with Crippen LogP contribution in [0.25, 0.3) is 0 Å². The fraction of sp³-hybridized carbons (Fsp3) is 0.355. The molecule has 3 aromatic rings. The number of hydrogen-bond acceptors (Lipinski definition) is 5. The van der Waals surface area contributed by atoms with Crippen LogP contribution in [0.15, 0.2) is 77.9 Å². The van der Waals surface area contributed by atoms with Gasteiger partial charge >= 0.3 is 0 Å². The average Bonchev–Trinajstić information content (AvgIpc) is 3.37. The summed E-state index contributed by atoms with van der Waals surface area (Å²) in [6, 6.07) is 24.9. The van der Waals surface area contributed by atoms with Crippen LogP contribution in [0, 0.1) is 13.8 Å². The van der Waals surface area contributed by atoms with Crippen molar-refractivity contribution < 1.29 is 9.53 Å². The molecule has 2 heterocycles. The Labute approximate surface area is 220 Å². The predicted octanol–water partition coefficient (Wildman–Crippen LogP) is 4.81. The molecular formula is C31H36N4O2. The summed E-state index contributed by atoms with van der Waals surface area (Å²) in [7, 11) is 1.67. The van der Waals surface area contributed by atoms with Crippen LogP contribution in [-0.4, -0.2) is 66.3 Å². The number of ether oxygens (including phenoxy) is 1. The van der Waals surface area contributed by atoms with Crippen LogP contribution in [0.3, 0.4) is 0 Å². The normalized spacial score (nSPS) is 18.6. The first-order chi connectivity index (χ1) is 18.0. The highest BCUT2D eigenvalue weighted by Gasteiger charge is 2.35. The maximum absolute atomic E-state index is 13.7. The minimum absolute atomic E-state index is 0.0558. The summed E-state index contributed by atoms with van der Waals surface area (Å²) in [6.07, 6.45) is 0.689. The number of hydrogen-bond donors (Lipinski definition) is 0. The van der Waals surface area contributed by atoms with E-state index in [9.17, 15) is 4.79 Å². The molecule has 6 heteroatoms. The van der Waals surface area contributed by atoms with Crippen LogP contribution in [0.4, 0.5) is 0 Å². The smallest absolute Gasteiger partial charge is 0.257 e. The Bertz CT molecular complexity index is 1270. The Balaban J connectivity index is 1.31. The van der Waals surface area contributed by atoms with Crippen molar-refractivity contribution in [2.45, 2.75) is 32.9 Å². The number of piperazine rings is 1. The molecule has 192 valence electrons. The molecule has 0 aliphatic carbocycles. The molecule has 1 saturated heterocycles. The van der Waals surface area contributed by atoms with Gasteiger partial charge in [-0.1, -0.05) is 66.2 Å². The van der Waals surface area contributed by atoms with Crippen LogP contribution in [0.5, 0.6) is 5.75 Å². The second-order valence-electron chi connectivity index (χ2n) is 10.1. The van der Waals surface area contributed by atoms with Crippen molar-refractivity contribution in [1.29, 1.82) is 0 Å². The number of amides is 1. The van der Waals surface area contributed by atoms with E-state index < -0.39 is 0 Å². The highest BCUT2D eigenvalue weighted by Crippen LogP contribution is 2.35. The first-order valence-electron chi connectivity index (χ1n) is 13.1. The largest absolute Gasteiger partial charge is 0.497 e. The molecule has 0 unspecified atom stereocenters. The molecule has 6 nitrogen and oxygen atoms in total. The van der Waals surface area contributed by atoms with E-state index in [0.717, 1.165) is 49.7 Å². The molecule has 3 aromatic carbocycles. The Morgan fingerprint density at radius 2 is 1.68 bits per heavy atom. The van der Waals surface area contributed by atoms with Crippen molar-refractivity contribution in [3.8, 4) is 5.75 Å². The molecule has 37 heavy (non-hydrogen) atoms. The Hall–Kier alpha value is -3.48. The fourth-order valence-corrected chi connectivity index (χ4v) is 5.29. The highest BCUT2D eigenvalue weighted by atomic mass is 16.5. The lowest BCUT2D eigenvalue weighted by Gasteiger charge is -2.35. The molecule has 5 rings (SSSR count). The summed E-state index contributed by atoms with van der Waals surface area (Å²) in [5.41, 5.74) is 6.80. The van der Waals surface area contributed by atoms with Crippen molar-refractivity contribution in [2.24, 2.45) is 5.10 Å². The standard InChI is InChI=1S/C31H36N4O2/c1-23-12-13-24(2)28(18-23)30-20-29(26-10-7-11-27(19-26)37-3)32-35(30)31(36)22-34-16-14-33(15-17-34)21-25-8-5-4-6-9-25/h4-13,18-19,30H,14-17,20-22H2,1-3H3/t30-/m0/s1. The van der Waals surface area contributed by atoms with Gasteiger partial charge in [0.05, 0.1) is 25.4 Å². The van der Waals surface area contributed by atoms with Crippen molar-refractivity contribution >= 4 is 11.6 Å². The highest BCUT2D eigenvalue weighted by molar-refractivity contribution is 6.03. The van der Waals surface area contributed by atoms with Crippen LogP contribution >= 0.6 is 0 Å². The Morgan fingerprint density at radius 1 is 0.919 bits per heavy atom. The second kappa shape index (κ2) is 11.3. The number of aryl methyl sites for hydroxylation is 2. The summed E-state index contributed by atoms with van der Waals surface area (Å²) < 4.78 is 5.44. The minimum atomic E-state index is -0.104. The number of nitrogens with zero attached hydrogens (tertiary/aromatic N) is 4. The van der Waals surface area contributed by atoms with E-state index in [1.165, 1.54) is 22.3 Å². The quantitative estimate of drug-likeness (QED) is 0.471. The topological polar surface area (TPSA) is 48.4 Å². The molecule has 0 N–H and O–H groups in total. The summed E-state index contributed by atoms with van der Waals surface area (Å²) in [5, 5.41) is 6.65. The molecule has 0 spiro atoms. The lowest BCUT2D eigenvalue weighted by molar-refractivity contribution is -0.134. The first-order valence-corrected chi connectivity index (χ1v) is 13.1. The van der Waals surface area contributed by atoms with Crippen molar-refractivity contribution in [3.63, 3.8) is 0 Å².